The first-order valence-corrected chi connectivity index (χ1v) is 6.12. The molecule has 1 unspecified atom stereocenters. The third-order valence-electron chi connectivity index (χ3n) is 3.47. The highest BCUT2D eigenvalue weighted by Gasteiger charge is 2.23. The predicted octanol–water partition coefficient (Wildman–Crippen LogP) is 2.10. The molecule has 1 fully saturated rings. The van der Waals surface area contributed by atoms with Crippen LogP contribution in [0.5, 0.6) is 11.5 Å². The van der Waals surface area contributed by atoms with Gasteiger partial charge in [-0.15, -0.1) is 0 Å². The van der Waals surface area contributed by atoms with Gasteiger partial charge in [0.05, 0.1) is 0 Å². The quantitative estimate of drug-likeness (QED) is 0.854. The van der Waals surface area contributed by atoms with Gasteiger partial charge >= 0.3 is 0 Å². The fourth-order valence-electron chi connectivity index (χ4n) is 2.55. The topological polar surface area (TPSA) is 30.5 Å². The number of benzene rings is 1. The molecule has 3 nitrogen and oxygen atoms in total. The van der Waals surface area contributed by atoms with Crippen LogP contribution in [0.25, 0.3) is 0 Å². The lowest BCUT2D eigenvalue weighted by Gasteiger charge is -2.22. The Balaban J connectivity index is 1.78. The summed E-state index contributed by atoms with van der Waals surface area (Å²) in [5.74, 6) is 1.09. The molecule has 0 spiro atoms. The van der Waals surface area contributed by atoms with Crippen molar-refractivity contribution < 1.29 is 13.9 Å². The van der Waals surface area contributed by atoms with Gasteiger partial charge in [0.15, 0.2) is 11.6 Å². The first-order chi connectivity index (χ1) is 8.34. The van der Waals surface area contributed by atoms with Crippen LogP contribution in [0.15, 0.2) is 12.1 Å². The number of rotatable bonds is 2. The lowest BCUT2D eigenvalue weighted by molar-refractivity contribution is 0.170. The normalized spacial score (nSPS) is 22.8. The lowest BCUT2D eigenvalue weighted by atomic mass is 9.92. The van der Waals surface area contributed by atoms with E-state index in [1.165, 1.54) is 12.8 Å². The maximum absolute atomic E-state index is 14.1. The van der Waals surface area contributed by atoms with Gasteiger partial charge in [-0.25, -0.2) is 4.39 Å². The van der Waals surface area contributed by atoms with Crippen molar-refractivity contribution in [3.8, 4) is 11.5 Å². The van der Waals surface area contributed by atoms with Crippen molar-refractivity contribution in [3.63, 3.8) is 0 Å². The van der Waals surface area contributed by atoms with Gasteiger partial charge in [0, 0.05) is 0 Å². The molecule has 0 saturated carbocycles. The van der Waals surface area contributed by atoms with Gasteiger partial charge in [-0.1, -0.05) is 6.07 Å². The zero-order chi connectivity index (χ0) is 11.7. The van der Waals surface area contributed by atoms with E-state index in [0.717, 1.165) is 25.1 Å². The van der Waals surface area contributed by atoms with Crippen molar-refractivity contribution in [1.82, 2.24) is 5.32 Å². The summed E-state index contributed by atoms with van der Waals surface area (Å²) in [5.41, 5.74) is 0.739. The van der Waals surface area contributed by atoms with Gasteiger partial charge in [0.1, 0.15) is 0 Å². The summed E-state index contributed by atoms with van der Waals surface area (Å²) in [6, 6.07) is 3.62. The Morgan fingerprint density at radius 2 is 2.29 bits per heavy atom. The van der Waals surface area contributed by atoms with Crippen LogP contribution in [0, 0.1) is 11.7 Å². The minimum atomic E-state index is -0.245. The van der Waals surface area contributed by atoms with E-state index in [2.05, 4.69) is 5.32 Å². The van der Waals surface area contributed by atoms with Crippen molar-refractivity contribution in [1.29, 1.82) is 0 Å². The van der Waals surface area contributed by atoms with Gasteiger partial charge in [-0.3, -0.25) is 0 Å². The number of hydrogen-bond donors (Lipinski definition) is 1. The summed E-state index contributed by atoms with van der Waals surface area (Å²) >= 11 is 0. The summed E-state index contributed by atoms with van der Waals surface area (Å²) in [6.07, 6.45) is 3.12. The highest BCUT2D eigenvalue weighted by Crippen LogP contribution is 2.37. The van der Waals surface area contributed by atoms with Crippen LogP contribution in [0.4, 0.5) is 4.39 Å². The van der Waals surface area contributed by atoms with E-state index in [1.54, 1.807) is 6.07 Å². The molecule has 2 aliphatic rings. The first kappa shape index (κ1) is 10.8. The van der Waals surface area contributed by atoms with E-state index in [4.69, 9.17) is 9.47 Å². The van der Waals surface area contributed by atoms with Crippen molar-refractivity contribution >= 4 is 0 Å². The minimum Gasteiger partial charge on any atom is -0.453 e. The fraction of sp³-hybridized carbons (Fsp3) is 0.538. The molecule has 2 aliphatic heterocycles. The molecule has 3 rings (SSSR count). The summed E-state index contributed by atoms with van der Waals surface area (Å²) in [5, 5.41) is 3.35. The number of hydrogen-bond acceptors (Lipinski definition) is 3. The maximum Gasteiger partial charge on any atom is 0.231 e. The van der Waals surface area contributed by atoms with E-state index < -0.39 is 0 Å². The Bertz CT molecular complexity index is 416. The smallest absolute Gasteiger partial charge is 0.231 e. The number of halogens is 1. The van der Waals surface area contributed by atoms with Crippen LogP contribution in [0.2, 0.25) is 0 Å². The predicted molar refractivity (Wildman–Crippen MR) is 61.8 cm³/mol. The fourth-order valence-corrected chi connectivity index (χ4v) is 2.55. The Morgan fingerprint density at radius 3 is 3.12 bits per heavy atom. The molecule has 1 saturated heterocycles. The van der Waals surface area contributed by atoms with E-state index >= 15 is 0 Å². The highest BCUT2D eigenvalue weighted by molar-refractivity contribution is 5.46. The first-order valence-electron chi connectivity index (χ1n) is 6.12. The van der Waals surface area contributed by atoms with Crippen LogP contribution >= 0.6 is 0 Å². The lowest BCUT2D eigenvalue weighted by Crippen LogP contribution is -2.31. The second-order valence-electron chi connectivity index (χ2n) is 4.69. The number of fused-ring (bicyclic) bond motifs is 1. The highest BCUT2D eigenvalue weighted by atomic mass is 19.1. The van der Waals surface area contributed by atoms with Crippen LogP contribution in [0.3, 0.4) is 0 Å². The maximum atomic E-state index is 14.1. The van der Waals surface area contributed by atoms with E-state index in [1.807, 2.05) is 6.07 Å². The number of nitrogens with one attached hydrogen (secondary N) is 1. The Labute approximate surface area is 99.9 Å². The van der Waals surface area contributed by atoms with Gasteiger partial charge in [0.2, 0.25) is 12.5 Å². The van der Waals surface area contributed by atoms with Crippen molar-refractivity contribution in [2.75, 3.05) is 19.9 Å². The van der Waals surface area contributed by atoms with Gasteiger partial charge in [0.25, 0.3) is 0 Å². The molecular weight excluding hydrogens is 221 g/mol. The van der Waals surface area contributed by atoms with Crippen LogP contribution < -0.4 is 14.8 Å². The summed E-state index contributed by atoms with van der Waals surface area (Å²) in [7, 11) is 0. The summed E-state index contributed by atoms with van der Waals surface area (Å²) < 4.78 is 24.4. The average molecular weight is 237 g/mol. The Morgan fingerprint density at radius 1 is 1.35 bits per heavy atom. The summed E-state index contributed by atoms with van der Waals surface area (Å²) in [4.78, 5) is 0. The standard InChI is InChI=1S/C13H16FNO2/c14-12-10(6-9-2-1-5-15-7-9)3-4-11-13(12)17-8-16-11/h3-4,9,15H,1-2,5-8H2. The molecule has 1 aromatic carbocycles. The molecule has 0 aliphatic carbocycles. The molecular formula is C13H16FNO2. The van der Waals surface area contributed by atoms with Crippen LogP contribution in [-0.2, 0) is 6.42 Å². The molecule has 0 amide bonds. The second kappa shape index (κ2) is 4.53. The molecule has 17 heavy (non-hydrogen) atoms. The monoisotopic (exact) mass is 237 g/mol. The van der Waals surface area contributed by atoms with Crippen LogP contribution in [0.1, 0.15) is 18.4 Å². The minimum absolute atomic E-state index is 0.126. The SMILES string of the molecule is Fc1c(CC2CCCNC2)ccc2c1OCO2. The van der Waals surface area contributed by atoms with Crippen molar-refractivity contribution in [3.05, 3.63) is 23.5 Å². The Kier molecular flexibility index (Phi) is 2.89. The van der Waals surface area contributed by atoms with E-state index in [9.17, 15) is 4.39 Å². The molecule has 0 aromatic heterocycles. The largest absolute Gasteiger partial charge is 0.453 e. The Hall–Kier alpha value is -1.29. The molecule has 1 aromatic rings. The molecule has 1 N–H and O–H groups in total. The van der Waals surface area contributed by atoms with Gasteiger partial charge in [-0.2, -0.15) is 0 Å². The molecule has 0 radical (unpaired) electrons. The van der Waals surface area contributed by atoms with Gasteiger partial charge < -0.3 is 14.8 Å². The van der Waals surface area contributed by atoms with E-state index in [-0.39, 0.29) is 18.4 Å². The molecule has 0 bridgehead atoms. The van der Waals surface area contributed by atoms with Crippen molar-refractivity contribution in [2.24, 2.45) is 5.92 Å². The number of piperidine rings is 1. The molecule has 4 heteroatoms. The van der Waals surface area contributed by atoms with Gasteiger partial charge in [-0.05, 0) is 49.9 Å². The van der Waals surface area contributed by atoms with E-state index in [0.29, 0.717) is 11.7 Å². The van der Waals surface area contributed by atoms with Crippen LogP contribution in [-0.4, -0.2) is 19.9 Å². The molecule has 92 valence electrons. The number of ether oxygens (including phenoxy) is 2. The third kappa shape index (κ3) is 2.09. The second-order valence-corrected chi connectivity index (χ2v) is 4.69. The molecule has 2 heterocycles. The zero-order valence-electron chi connectivity index (χ0n) is 9.67. The van der Waals surface area contributed by atoms with Crippen molar-refractivity contribution in [2.45, 2.75) is 19.3 Å². The molecule has 1 atom stereocenters. The third-order valence-corrected chi connectivity index (χ3v) is 3.47. The average Bonchev–Trinajstić information content (AvgIpc) is 2.83. The zero-order valence-corrected chi connectivity index (χ0v) is 9.67. The summed E-state index contributed by atoms with van der Waals surface area (Å²) in [6.45, 7) is 2.19.